The van der Waals surface area contributed by atoms with Gasteiger partial charge in [0.1, 0.15) is 12.6 Å². The Labute approximate surface area is 181 Å². The molecule has 2 N–H and O–H groups in total. The van der Waals surface area contributed by atoms with Gasteiger partial charge in [-0.05, 0) is 46.2 Å². The molecule has 0 heterocycles. The van der Waals surface area contributed by atoms with E-state index in [1.165, 1.54) is 22.3 Å². The van der Waals surface area contributed by atoms with Crippen LogP contribution in [0.1, 0.15) is 35.1 Å². The van der Waals surface area contributed by atoms with Crippen LogP contribution in [0.4, 0.5) is 0 Å². The number of carbonyl (C=O) groups excluding carboxylic acids is 1. The van der Waals surface area contributed by atoms with Gasteiger partial charge >= 0.3 is 11.9 Å². The monoisotopic (exact) mass is 415 g/mol. The lowest BCUT2D eigenvalue weighted by Gasteiger charge is -2.18. The van der Waals surface area contributed by atoms with Crippen molar-refractivity contribution in [2.75, 3.05) is 0 Å². The third-order valence-electron chi connectivity index (χ3n) is 5.64. The molecule has 0 saturated heterocycles. The molecule has 0 aromatic heterocycles. The van der Waals surface area contributed by atoms with Gasteiger partial charge in [0.15, 0.2) is 0 Å². The highest BCUT2D eigenvalue weighted by Gasteiger charge is 2.23. The van der Waals surface area contributed by atoms with E-state index in [9.17, 15) is 9.59 Å². The van der Waals surface area contributed by atoms with Crippen molar-refractivity contribution in [2.45, 2.75) is 38.5 Å². The molecule has 0 bridgehead atoms. The van der Waals surface area contributed by atoms with Crippen LogP contribution in [-0.2, 0) is 33.9 Å². The summed E-state index contributed by atoms with van der Waals surface area (Å²) in [6.45, 7) is 0.642. The van der Waals surface area contributed by atoms with Crippen molar-refractivity contribution in [1.29, 1.82) is 0 Å². The number of benzene rings is 3. The second-order valence-electron chi connectivity index (χ2n) is 7.74. The number of hydrogen-bond acceptors (Lipinski definition) is 4. The number of esters is 1. The Kier molecular flexibility index (Phi) is 6.43. The molecule has 1 unspecified atom stereocenters. The number of ether oxygens (including phenoxy) is 1. The summed E-state index contributed by atoms with van der Waals surface area (Å²) in [7, 11) is 0. The highest BCUT2D eigenvalue weighted by Crippen LogP contribution is 2.38. The van der Waals surface area contributed by atoms with Gasteiger partial charge in [0.2, 0.25) is 0 Å². The van der Waals surface area contributed by atoms with Gasteiger partial charge in [0.25, 0.3) is 0 Å². The number of carbonyl (C=O) groups is 2. The average Bonchev–Trinajstić information content (AvgIpc) is 3.17. The van der Waals surface area contributed by atoms with Crippen LogP contribution in [0.5, 0.6) is 0 Å². The first-order chi connectivity index (χ1) is 15.1. The summed E-state index contributed by atoms with van der Waals surface area (Å²) in [5.74, 6) is -1.36. The third-order valence-corrected chi connectivity index (χ3v) is 5.64. The molecule has 158 valence electrons. The summed E-state index contributed by atoms with van der Waals surface area (Å²) in [5.41, 5.74) is 6.90. The van der Waals surface area contributed by atoms with Gasteiger partial charge in [-0.2, -0.15) is 0 Å². The largest absolute Gasteiger partial charge is 0.481 e. The van der Waals surface area contributed by atoms with Crippen LogP contribution >= 0.6 is 0 Å². The fraction of sp³-hybridized carbons (Fsp3) is 0.231. The molecule has 0 amide bonds. The molecule has 0 fully saturated rings. The van der Waals surface area contributed by atoms with E-state index in [1.807, 2.05) is 54.6 Å². The van der Waals surface area contributed by atoms with Crippen LogP contribution in [0, 0.1) is 0 Å². The van der Waals surface area contributed by atoms with Crippen molar-refractivity contribution in [3.63, 3.8) is 0 Å². The third kappa shape index (κ3) is 5.01. The smallest absolute Gasteiger partial charge is 0.323 e. The first-order valence-corrected chi connectivity index (χ1v) is 10.5. The molecule has 3 aromatic rings. The molecule has 4 rings (SSSR count). The number of aliphatic carboxylic acids is 1. The van der Waals surface area contributed by atoms with E-state index in [2.05, 4.69) is 23.5 Å². The molecule has 0 saturated carbocycles. The summed E-state index contributed by atoms with van der Waals surface area (Å²) in [5, 5.41) is 12.2. The van der Waals surface area contributed by atoms with Gasteiger partial charge < -0.3 is 15.2 Å². The molecule has 31 heavy (non-hydrogen) atoms. The van der Waals surface area contributed by atoms with Gasteiger partial charge in [-0.25, -0.2) is 0 Å². The summed E-state index contributed by atoms with van der Waals surface area (Å²) in [6.07, 6.45) is 0.908. The molecule has 1 aliphatic carbocycles. The topological polar surface area (TPSA) is 75.6 Å². The number of carboxylic acid groups (broad SMARTS) is 1. The predicted octanol–water partition coefficient (Wildman–Crippen LogP) is 4.32. The molecule has 1 atom stereocenters. The molecular weight excluding hydrogens is 390 g/mol. The maximum Gasteiger partial charge on any atom is 0.323 e. The Morgan fingerprint density at radius 1 is 0.935 bits per heavy atom. The van der Waals surface area contributed by atoms with Crippen LogP contribution in [0.2, 0.25) is 0 Å². The first kappa shape index (κ1) is 20.8. The van der Waals surface area contributed by atoms with Crippen LogP contribution in [-0.4, -0.2) is 23.1 Å². The summed E-state index contributed by atoms with van der Waals surface area (Å²) < 4.78 is 5.64. The Bertz CT molecular complexity index is 1080. The minimum absolute atomic E-state index is 0.0996. The fourth-order valence-electron chi connectivity index (χ4n) is 4.02. The highest BCUT2D eigenvalue weighted by molar-refractivity contribution is 5.79. The van der Waals surface area contributed by atoms with Gasteiger partial charge in [-0.15, -0.1) is 0 Å². The zero-order valence-electron chi connectivity index (χ0n) is 17.2. The SMILES string of the molecule is O=C(O)CCC(NCc1ccccc1)C(=O)OCc1cccc2c1Cc1ccccc1-2. The van der Waals surface area contributed by atoms with E-state index < -0.39 is 18.0 Å². The summed E-state index contributed by atoms with van der Waals surface area (Å²) in [6, 6.07) is 23.4. The minimum atomic E-state index is -0.932. The number of rotatable bonds is 9. The lowest BCUT2D eigenvalue weighted by Crippen LogP contribution is -2.38. The molecule has 3 aromatic carbocycles. The van der Waals surface area contributed by atoms with Gasteiger partial charge in [0, 0.05) is 13.0 Å². The molecule has 0 spiro atoms. The Balaban J connectivity index is 1.42. The van der Waals surface area contributed by atoms with E-state index in [0.29, 0.717) is 6.54 Å². The number of nitrogens with one attached hydrogen (secondary N) is 1. The number of hydrogen-bond donors (Lipinski definition) is 2. The lowest BCUT2D eigenvalue weighted by atomic mass is 10.0. The summed E-state index contributed by atoms with van der Waals surface area (Å²) in [4.78, 5) is 23.8. The van der Waals surface area contributed by atoms with E-state index in [0.717, 1.165) is 17.5 Å². The van der Waals surface area contributed by atoms with Crippen LogP contribution in [0.25, 0.3) is 11.1 Å². The Morgan fingerprint density at radius 3 is 2.48 bits per heavy atom. The number of carboxylic acids is 1. The zero-order valence-corrected chi connectivity index (χ0v) is 17.2. The maximum absolute atomic E-state index is 12.8. The second kappa shape index (κ2) is 9.58. The Morgan fingerprint density at radius 2 is 1.68 bits per heavy atom. The van der Waals surface area contributed by atoms with Crippen molar-refractivity contribution in [1.82, 2.24) is 5.32 Å². The average molecular weight is 415 g/mol. The van der Waals surface area contributed by atoms with Crippen molar-refractivity contribution in [3.05, 3.63) is 95.1 Å². The van der Waals surface area contributed by atoms with E-state index in [1.54, 1.807) is 0 Å². The molecule has 5 nitrogen and oxygen atoms in total. The second-order valence-corrected chi connectivity index (χ2v) is 7.74. The van der Waals surface area contributed by atoms with Crippen LogP contribution in [0.3, 0.4) is 0 Å². The van der Waals surface area contributed by atoms with Gasteiger partial charge in [-0.3, -0.25) is 9.59 Å². The van der Waals surface area contributed by atoms with Crippen LogP contribution in [0.15, 0.2) is 72.8 Å². The summed E-state index contributed by atoms with van der Waals surface area (Å²) >= 11 is 0. The molecule has 1 aliphatic rings. The lowest BCUT2D eigenvalue weighted by molar-refractivity contribution is -0.148. The highest BCUT2D eigenvalue weighted by atomic mass is 16.5. The predicted molar refractivity (Wildman–Crippen MR) is 118 cm³/mol. The van der Waals surface area contributed by atoms with Crippen molar-refractivity contribution >= 4 is 11.9 Å². The quantitative estimate of drug-likeness (QED) is 0.398. The molecular formula is C26H25NO4. The first-order valence-electron chi connectivity index (χ1n) is 10.5. The molecule has 0 aliphatic heterocycles. The minimum Gasteiger partial charge on any atom is -0.481 e. The van der Waals surface area contributed by atoms with Gasteiger partial charge in [0.05, 0.1) is 0 Å². The van der Waals surface area contributed by atoms with Gasteiger partial charge in [-0.1, -0.05) is 72.8 Å². The number of fused-ring (bicyclic) bond motifs is 3. The normalized spacial score (nSPS) is 12.6. The van der Waals surface area contributed by atoms with E-state index in [-0.39, 0.29) is 19.4 Å². The van der Waals surface area contributed by atoms with E-state index in [4.69, 9.17) is 9.84 Å². The van der Waals surface area contributed by atoms with E-state index >= 15 is 0 Å². The van der Waals surface area contributed by atoms with Crippen LogP contribution < -0.4 is 5.32 Å². The van der Waals surface area contributed by atoms with Crippen molar-refractivity contribution in [3.8, 4) is 11.1 Å². The van der Waals surface area contributed by atoms with Crippen molar-refractivity contribution < 1.29 is 19.4 Å². The zero-order chi connectivity index (χ0) is 21.6. The fourth-order valence-corrected chi connectivity index (χ4v) is 4.02. The molecule has 0 radical (unpaired) electrons. The maximum atomic E-state index is 12.8. The standard InChI is InChI=1S/C26H25NO4/c28-25(29)14-13-24(27-16-18-7-2-1-3-8-18)26(30)31-17-20-10-6-12-22-21-11-5-4-9-19(21)15-23(20)22/h1-12,24,27H,13-17H2,(H,28,29). The Hall–Kier alpha value is -3.44. The van der Waals surface area contributed by atoms with Crippen molar-refractivity contribution in [2.24, 2.45) is 0 Å². The molecule has 5 heteroatoms.